The minimum atomic E-state index is -0.465. The van der Waals surface area contributed by atoms with E-state index in [4.69, 9.17) is 0 Å². The van der Waals surface area contributed by atoms with Crippen molar-refractivity contribution in [3.63, 3.8) is 0 Å². The van der Waals surface area contributed by atoms with Crippen molar-refractivity contribution >= 4 is 11.9 Å². The summed E-state index contributed by atoms with van der Waals surface area (Å²) in [5.74, 6) is -0.781. The number of methoxy groups -OCH3 is 1. The second kappa shape index (κ2) is 7.09. The van der Waals surface area contributed by atoms with Gasteiger partial charge in [0.05, 0.1) is 7.11 Å². The Labute approximate surface area is 77.3 Å². The summed E-state index contributed by atoms with van der Waals surface area (Å²) in [5, 5.41) is 2.36. The molecule has 0 heterocycles. The van der Waals surface area contributed by atoms with Crippen LogP contribution in [0.15, 0.2) is 24.3 Å². The van der Waals surface area contributed by atoms with Crippen LogP contribution in [0.1, 0.15) is 6.92 Å². The third kappa shape index (κ3) is 6.80. The number of carbonyl (C=O) groups excluding carboxylic acids is 2. The molecule has 1 amide bonds. The lowest BCUT2D eigenvalue weighted by Crippen LogP contribution is -2.28. The molecule has 0 aliphatic rings. The van der Waals surface area contributed by atoms with Gasteiger partial charge in [0, 0.05) is 6.08 Å². The maximum Gasteiger partial charge on any atom is 0.325 e. The van der Waals surface area contributed by atoms with E-state index >= 15 is 0 Å². The minimum absolute atomic E-state index is 0.102. The lowest BCUT2D eigenvalue weighted by Gasteiger charge is -1.98. The highest BCUT2D eigenvalue weighted by Crippen LogP contribution is 1.77. The number of nitrogens with one attached hydrogen (secondary N) is 1. The molecule has 0 fully saturated rings. The predicted octanol–water partition coefficient (Wildman–Crippen LogP) is 0.408. The Morgan fingerprint density at radius 3 is 2.62 bits per heavy atom. The fraction of sp³-hybridized carbons (Fsp3) is 0.333. The van der Waals surface area contributed by atoms with E-state index in [2.05, 4.69) is 10.1 Å². The number of hydrogen-bond donors (Lipinski definition) is 1. The molecule has 0 saturated carbocycles. The van der Waals surface area contributed by atoms with Gasteiger partial charge in [-0.05, 0) is 6.92 Å². The van der Waals surface area contributed by atoms with Gasteiger partial charge in [-0.3, -0.25) is 9.59 Å². The van der Waals surface area contributed by atoms with Gasteiger partial charge in [0.15, 0.2) is 0 Å². The van der Waals surface area contributed by atoms with Crippen LogP contribution < -0.4 is 5.32 Å². The second-order valence-electron chi connectivity index (χ2n) is 2.18. The van der Waals surface area contributed by atoms with E-state index in [1.54, 1.807) is 18.2 Å². The highest BCUT2D eigenvalue weighted by atomic mass is 16.5. The molecule has 4 nitrogen and oxygen atoms in total. The molecule has 0 aliphatic heterocycles. The number of esters is 1. The molecule has 0 spiro atoms. The summed E-state index contributed by atoms with van der Waals surface area (Å²) in [5.41, 5.74) is 0. The van der Waals surface area contributed by atoms with Crippen molar-refractivity contribution in [3.8, 4) is 0 Å². The van der Waals surface area contributed by atoms with E-state index in [9.17, 15) is 9.59 Å². The van der Waals surface area contributed by atoms with Crippen LogP contribution in [-0.4, -0.2) is 25.5 Å². The Hall–Kier alpha value is -1.58. The van der Waals surface area contributed by atoms with Gasteiger partial charge in [-0.15, -0.1) is 0 Å². The molecular formula is C9H13NO3. The Kier molecular flexibility index (Phi) is 6.23. The zero-order chi connectivity index (χ0) is 10.1. The van der Waals surface area contributed by atoms with E-state index in [0.29, 0.717) is 0 Å². The number of rotatable bonds is 4. The van der Waals surface area contributed by atoms with Crippen LogP contribution in [-0.2, 0) is 14.3 Å². The van der Waals surface area contributed by atoms with E-state index in [-0.39, 0.29) is 12.5 Å². The molecule has 0 aromatic rings. The van der Waals surface area contributed by atoms with Crippen LogP contribution in [0.5, 0.6) is 0 Å². The summed E-state index contributed by atoms with van der Waals surface area (Å²) < 4.78 is 4.33. The molecule has 0 aromatic carbocycles. The fourth-order valence-corrected chi connectivity index (χ4v) is 0.544. The lowest BCUT2D eigenvalue weighted by molar-refractivity contribution is -0.140. The van der Waals surface area contributed by atoms with Crippen LogP contribution in [0.25, 0.3) is 0 Å². The molecule has 13 heavy (non-hydrogen) atoms. The SMILES string of the molecule is C/C=C/C=C/C(=O)NCC(=O)OC. The van der Waals surface area contributed by atoms with Crippen molar-refractivity contribution in [2.45, 2.75) is 6.92 Å². The third-order valence-corrected chi connectivity index (χ3v) is 1.19. The van der Waals surface area contributed by atoms with E-state index in [0.717, 1.165) is 0 Å². The number of amides is 1. The molecule has 0 radical (unpaired) electrons. The van der Waals surface area contributed by atoms with Crippen LogP contribution in [0.4, 0.5) is 0 Å². The van der Waals surface area contributed by atoms with E-state index in [1.165, 1.54) is 13.2 Å². The largest absolute Gasteiger partial charge is 0.468 e. The first-order chi connectivity index (χ1) is 6.20. The summed E-state index contributed by atoms with van der Waals surface area (Å²) in [7, 11) is 1.27. The summed E-state index contributed by atoms with van der Waals surface area (Å²) in [6.45, 7) is 1.74. The van der Waals surface area contributed by atoms with Gasteiger partial charge >= 0.3 is 5.97 Å². The molecule has 0 saturated heterocycles. The van der Waals surface area contributed by atoms with Gasteiger partial charge in [0.2, 0.25) is 5.91 Å². The standard InChI is InChI=1S/C9H13NO3/c1-3-4-5-6-8(11)10-7-9(12)13-2/h3-6H,7H2,1-2H3,(H,10,11)/b4-3+,6-5+. The molecular weight excluding hydrogens is 170 g/mol. The average molecular weight is 183 g/mol. The molecule has 0 unspecified atom stereocenters. The molecule has 0 rings (SSSR count). The first-order valence-electron chi connectivity index (χ1n) is 3.84. The van der Waals surface area contributed by atoms with Gasteiger partial charge in [0.1, 0.15) is 6.54 Å². The zero-order valence-corrected chi connectivity index (χ0v) is 7.74. The second-order valence-corrected chi connectivity index (χ2v) is 2.18. The molecule has 72 valence electrons. The van der Waals surface area contributed by atoms with Gasteiger partial charge in [-0.25, -0.2) is 0 Å². The molecule has 0 aromatic heterocycles. The van der Waals surface area contributed by atoms with Crippen molar-refractivity contribution in [1.82, 2.24) is 5.32 Å². The summed E-state index contributed by atoms with van der Waals surface area (Å²) in [6, 6.07) is 0. The smallest absolute Gasteiger partial charge is 0.325 e. The predicted molar refractivity (Wildman–Crippen MR) is 49.0 cm³/mol. The topological polar surface area (TPSA) is 55.4 Å². The van der Waals surface area contributed by atoms with E-state index < -0.39 is 5.97 Å². The van der Waals surface area contributed by atoms with Crippen molar-refractivity contribution < 1.29 is 14.3 Å². The van der Waals surface area contributed by atoms with Crippen LogP contribution >= 0.6 is 0 Å². The minimum Gasteiger partial charge on any atom is -0.468 e. The Bertz CT molecular complexity index is 231. The normalized spacial score (nSPS) is 10.6. The monoisotopic (exact) mass is 183 g/mol. The number of carbonyl (C=O) groups is 2. The van der Waals surface area contributed by atoms with Gasteiger partial charge in [-0.2, -0.15) is 0 Å². The maximum atomic E-state index is 10.9. The lowest BCUT2D eigenvalue weighted by atomic mass is 10.4. The summed E-state index contributed by atoms with van der Waals surface area (Å²) in [4.78, 5) is 21.5. The zero-order valence-electron chi connectivity index (χ0n) is 7.74. The molecule has 0 atom stereocenters. The average Bonchev–Trinajstić information content (AvgIpc) is 2.14. The van der Waals surface area contributed by atoms with Crippen molar-refractivity contribution in [2.24, 2.45) is 0 Å². The Morgan fingerprint density at radius 1 is 1.38 bits per heavy atom. The Morgan fingerprint density at radius 2 is 2.08 bits per heavy atom. The van der Waals surface area contributed by atoms with Crippen molar-refractivity contribution in [1.29, 1.82) is 0 Å². The van der Waals surface area contributed by atoms with Gasteiger partial charge < -0.3 is 10.1 Å². The van der Waals surface area contributed by atoms with Crippen molar-refractivity contribution in [3.05, 3.63) is 24.3 Å². The van der Waals surface area contributed by atoms with Crippen LogP contribution in [0.2, 0.25) is 0 Å². The molecule has 4 heteroatoms. The van der Waals surface area contributed by atoms with Crippen LogP contribution in [0, 0.1) is 0 Å². The first-order valence-corrected chi connectivity index (χ1v) is 3.84. The maximum absolute atomic E-state index is 10.9. The van der Waals surface area contributed by atoms with Crippen LogP contribution in [0.3, 0.4) is 0 Å². The van der Waals surface area contributed by atoms with E-state index in [1.807, 2.05) is 6.92 Å². The first kappa shape index (κ1) is 11.4. The number of allylic oxidation sites excluding steroid dienone is 3. The van der Waals surface area contributed by atoms with Gasteiger partial charge in [0.25, 0.3) is 0 Å². The molecule has 1 N–H and O–H groups in total. The van der Waals surface area contributed by atoms with Gasteiger partial charge in [-0.1, -0.05) is 18.2 Å². The molecule has 0 aliphatic carbocycles. The highest BCUT2D eigenvalue weighted by Gasteiger charge is 2.00. The highest BCUT2D eigenvalue weighted by molar-refractivity contribution is 5.90. The Balaban J connectivity index is 3.69. The number of hydrogen-bond acceptors (Lipinski definition) is 3. The van der Waals surface area contributed by atoms with Crippen molar-refractivity contribution in [2.75, 3.05) is 13.7 Å². The quantitative estimate of drug-likeness (QED) is 0.390. The molecule has 0 bridgehead atoms. The summed E-state index contributed by atoms with van der Waals surface area (Å²) >= 11 is 0. The summed E-state index contributed by atoms with van der Waals surface area (Å²) in [6.07, 6.45) is 6.44. The number of ether oxygens (including phenoxy) is 1. The fourth-order valence-electron chi connectivity index (χ4n) is 0.544. The third-order valence-electron chi connectivity index (χ3n) is 1.19.